The van der Waals surface area contributed by atoms with Crippen molar-refractivity contribution in [3.8, 4) is 12.3 Å². The molecule has 1 heterocycles. The third-order valence-electron chi connectivity index (χ3n) is 2.91. The quantitative estimate of drug-likeness (QED) is 0.737. The number of anilines is 1. The summed E-state index contributed by atoms with van der Waals surface area (Å²) >= 11 is 0. The van der Waals surface area contributed by atoms with Crippen molar-refractivity contribution in [2.24, 2.45) is 0 Å². The van der Waals surface area contributed by atoms with Gasteiger partial charge in [0.2, 0.25) is 0 Å². The van der Waals surface area contributed by atoms with Gasteiger partial charge in [-0.05, 0) is 24.0 Å². The Labute approximate surface area is 98.9 Å². The molecule has 0 aromatic heterocycles. The number of carboxylic acids is 1. The van der Waals surface area contributed by atoms with E-state index >= 15 is 0 Å². The van der Waals surface area contributed by atoms with Crippen LogP contribution in [0.5, 0.6) is 0 Å². The molecule has 86 valence electrons. The Kier molecular flexibility index (Phi) is 2.84. The fourth-order valence-electron chi connectivity index (χ4n) is 2.11. The molecule has 1 aliphatic heterocycles. The number of hydrogen-bond acceptors (Lipinski definition) is 2. The van der Waals surface area contributed by atoms with E-state index in [4.69, 9.17) is 11.5 Å². The van der Waals surface area contributed by atoms with E-state index in [1.807, 2.05) is 0 Å². The van der Waals surface area contributed by atoms with E-state index in [1.165, 1.54) is 4.90 Å². The SMILES string of the molecule is C#CC(=O)N1CCC(C(=O)O)c2ccccc21. The fraction of sp³-hybridized carbons (Fsp3) is 0.231. The van der Waals surface area contributed by atoms with Crippen molar-refractivity contribution in [2.75, 3.05) is 11.4 Å². The average Bonchev–Trinajstić information content (AvgIpc) is 2.36. The van der Waals surface area contributed by atoms with Crippen LogP contribution in [0.25, 0.3) is 0 Å². The zero-order valence-electron chi connectivity index (χ0n) is 9.09. The molecule has 0 radical (unpaired) electrons. The van der Waals surface area contributed by atoms with Crippen LogP contribution in [0.2, 0.25) is 0 Å². The van der Waals surface area contributed by atoms with Crippen LogP contribution >= 0.6 is 0 Å². The normalized spacial score (nSPS) is 18.1. The van der Waals surface area contributed by atoms with Gasteiger partial charge in [-0.2, -0.15) is 0 Å². The minimum Gasteiger partial charge on any atom is -0.481 e. The van der Waals surface area contributed by atoms with Crippen LogP contribution < -0.4 is 4.90 Å². The first-order valence-electron chi connectivity index (χ1n) is 5.25. The summed E-state index contributed by atoms with van der Waals surface area (Å²) in [7, 11) is 0. The van der Waals surface area contributed by atoms with E-state index < -0.39 is 17.8 Å². The smallest absolute Gasteiger partial charge is 0.311 e. The third-order valence-corrected chi connectivity index (χ3v) is 2.91. The Hall–Kier alpha value is -2.28. The third kappa shape index (κ3) is 1.87. The van der Waals surface area contributed by atoms with Gasteiger partial charge in [0.15, 0.2) is 0 Å². The second-order valence-electron chi connectivity index (χ2n) is 3.84. The highest BCUT2D eigenvalue weighted by atomic mass is 16.4. The van der Waals surface area contributed by atoms with E-state index in [0.29, 0.717) is 24.2 Å². The number of carbonyl (C=O) groups is 2. The predicted molar refractivity (Wildman–Crippen MR) is 62.6 cm³/mol. The van der Waals surface area contributed by atoms with Crippen LogP contribution in [-0.2, 0) is 9.59 Å². The Morgan fingerprint density at radius 1 is 1.41 bits per heavy atom. The Morgan fingerprint density at radius 2 is 2.12 bits per heavy atom. The van der Waals surface area contributed by atoms with Crippen LogP contribution in [0.3, 0.4) is 0 Å². The number of carbonyl (C=O) groups excluding carboxylic acids is 1. The number of fused-ring (bicyclic) bond motifs is 1. The van der Waals surface area contributed by atoms with Crippen molar-refractivity contribution in [3.63, 3.8) is 0 Å². The lowest BCUT2D eigenvalue weighted by Crippen LogP contribution is -2.37. The minimum absolute atomic E-state index is 0.344. The van der Waals surface area contributed by atoms with E-state index in [2.05, 4.69) is 5.92 Å². The summed E-state index contributed by atoms with van der Waals surface area (Å²) in [4.78, 5) is 24.1. The lowest BCUT2D eigenvalue weighted by Gasteiger charge is -2.31. The molecule has 0 saturated heterocycles. The molecule has 0 aliphatic carbocycles. The second kappa shape index (κ2) is 4.30. The van der Waals surface area contributed by atoms with Gasteiger partial charge in [0, 0.05) is 12.2 Å². The number of terminal acetylenes is 1. The first-order chi connectivity index (χ1) is 8.15. The molecule has 0 spiro atoms. The first-order valence-corrected chi connectivity index (χ1v) is 5.25. The van der Waals surface area contributed by atoms with Gasteiger partial charge in [-0.1, -0.05) is 18.2 Å². The topological polar surface area (TPSA) is 57.6 Å². The zero-order valence-corrected chi connectivity index (χ0v) is 9.09. The number of hydrogen-bond donors (Lipinski definition) is 1. The molecular weight excluding hydrogens is 218 g/mol. The largest absolute Gasteiger partial charge is 0.481 e. The molecule has 0 saturated carbocycles. The highest BCUT2D eigenvalue weighted by Crippen LogP contribution is 2.35. The highest BCUT2D eigenvalue weighted by Gasteiger charge is 2.31. The van der Waals surface area contributed by atoms with Crippen molar-refractivity contribution >= 4 is 17.6 Å². The molecule has 1 aliphatic rings. The molecule has 1 N–H and O–H groups in total. The van der Waals surface area contributed by atoms with Crippen LogP contribution in [0.15, 0.2) is 24.3 Å². The number of benzene rings is 1. The number of aliphatic carboxylic acids is 1. The minimum atomic E-state index is -0.870. The van der Waals surface area contributed by atoms with Crippen molar-refractivity contribution < 1.29 is 14.7 Å². The zero-order chi connectivity index (χ0) is 12.4. The van der Waals surface area contributed by atoms with Gasteiger partial charge in [0.05, 0.1) is 5.92 Å². The van der Waals surface area contributed by atoms with Gasteiger partial charge in [0.1, 0.15) is 0 Å². The van der Waals surface area contributed by atoms with Gasteiger partial charge in [-0.3, -0.25) is 9.59 Å². The molecule has 4 heteroatoms. The van der Waals surface area contributed by atoms with E-state index in [0.717, 1.165) is 0 Å². The van der Waals surface area contributed by atoms with E-state index in [1.54, 1.807) is 24.3 Å². The average molecular weight is 229 g/mol. The summed E-state index contributed by atoms with van der Waals surface area (Å²) in [5.41, 5.74) is 1.25. The van der Waals surface area contributed by atoms with Gasteiger partial charge < -0.3 is 10.0 Å². The lowest BCUT2D eigenvalue weighted by atomic mass is 9.90. The predicted octanol–water partition coefficient (Wildman–Crippen LogP) is 1.22. The fourth-order valence-corrected chi connectivity index (χ4v) is 2.11. The number of nitrogens with zero attached hydrogens (tertiary/aromatic N) is 1. The lowest BCUT2D eigenvalue weighted by molar-refractivity contribution is -0.139. The molecule has 17 heavy (non-hydrogen) atoms. The molecule has 0 bridgehead atoms. The van der Waals surface area contributed by atoms with Crippen LogP contribution in [-0.4, -0.2) is 23.5 Å². The van der Waals surface area contributed by atoms with E-state index in [-0.39, 0.29) is 0 Å². The van der Waals surface area contributed by atoms with Crippen molar-refractivity contribution in [2.45, 2.75) is 12.3 Å². The highest BCUT2D eigenvalue weighted by molar-refractivity contribution is 6.06. The maximum atomic E-state index is 11.5. The number of rotatable bonds is 1. The number of carboxylic acid groups (broad SMARTS) is 1. The molecule has 1 amide bonds. The van der Waals surface area contributed by atoms with Crippen LogP contribution in [0.1, 0.15) is 17.9 Å². The maximum absolute atomic E-state index is 11.5. The molecule has 1 aromatic rings. The van der Waals surface area contributed by atoms with Crippen molar-refractivity contribution in [3.05, 3.63) is 29.8 Å². The molecule has 4 nitrogen and oxygen atoms in total. The standard InChI is InChI=1S/C13H11NO3/c1-2-12(15)14-8-7-10(13(16)17)9-5-3-4-6-11(9)14/h1,3-6,10H,7-8H2,(H,16,17). The molecule has 1 atom stereocenters. The Balaban J connectivity index is 2.48. The van der Waals surface area contributed by atoms with Gasteiger partial charge in [-0.15, -0.1) is 6.42 Å². The number of para-hydroxylation sites is 1. The monoisotopic (exact) mass is 229 g/mol. The van der Waals surface area contributed by atoms with Crippen LogP contribution in [0.4, 0.5) is 5.69 Å². The summed E-state index contributed by atoms with van der Waals surface area (Å²) in [5.74, 6) is 0.198. The van der Waals surface area contributed by atoms with Gasteiger partial charge in [0.25, 0.3) is 0 Å². The van der Waals surface area contributed by atoms with Crippen molar-refractivity contribution in [1.82, 2.24) is 0 Å². The Morgan fingerprint density at radius 3 is 2.76 bits per heavy atom. The van der Waals surface area contributed by atoms with Crippen molar-refractivity contribution in [1.29, 1.82) is 0 Å². The van der Waals surface area contributed by atoms with Crippen LogP contribution in [0, 0.1) is 12.3 Å². The molecule has 2 rings (SSSR count). The second-order valence-corrected chi connectivity index (χ2v) is 3.84. The molecule has 1 aromatic carbocycles. The first kappa shape index (κ1) is 11.2. The summed E-state index contributed by atoms with van der Waals surface area (Å²) in [6, 6.07) is 6.97. The number of amides is 1. The summed E-state index contributed by atoms with van der Waals surface area (Å²) < 4.78 is 0. The summed E-state index contributed by atoms with van der Waals surface area (Å²) in [6.45, 7) is 0.344. The Bertz CT molecular complexity index is 516. The van der Waals surface area contributed by atoms with E-state index in [9.17, 15) is 9.59 Å². The molecule has 0 fully saturated rings. The summed E-state index contributed by atoms with van der Waals surface area (Å²) in [5, 5.41) is 9.12. The molecular formula is C13H11NO3. The maximum Gasteiger partial charge on any atom is 0.311 e. The van der Waals surface area contributed by atoms with Gasteiger partial charge >= 0.3 is 11.9 Å². The molecule has 1 unspecified atom stereocenters. The van der Waals surface area contributed by atoms with Gasteiger partial charge in [-0.25, -0.2) is 0 Å². The summed E-state index contributed by atoms with van der Waals surface area (Å²) in [6.07, 6.45) is 5.49.